The molecule has 0 saturated carbocycles. The van der Waals surface area contributed by atoms with Crippen LogP contribution in [0.25, 0.3) is 0 Å². The van der Waals surface area contributed by atoms with E-state index in [0.29, 0.717) is 19.1 Å². The third-order valence-electron chi connectivity index (χ3n) is 4.55. The number of benzene rings is 1. The molecule has 1 N–H and O–H groups in total. The van der Waals surface area contributed by atoms with E-state index in [1.807, 2.05) is 34.5 Å². The van der Waals surface area contributed by atoms with Crippen molar-refractivity contribution < 1.29 is 4.79 Å². The third-order valence-corrected chi connectivity index (χ3v) is 6.51. The Kier molecular flexibility index (Phi) is 7.01. The van der Waals surface area contributed by atoms with Crippen LogP contribution >= 0.6 is 35.1 Å². The first kappa shape index (κ1) is 20.0. The Morgan fingerprint density at radius 2 is 2.04 bits per heavy atom. The van der Waals surface area contributed by atoms with E-state index in [1.165, 1.54) is 11.3 Å². The molecule has 3 heterocycles. The van der Waals surface area contributed by atoms with E-state index in [4.69, 9.17) is 0 Å². The molecule has 27 heavy (non-hydrogen) atoms. The average molecular weight is 420 g/mol. The van der Waals surface area contributed by atoms with Crippen LogP contribution in [-0.4, -0.2) is 22.3 Å². The Morgan fingerprint density at radius 1 is 1.19 bits per heavy atom. The zero-order chi connectivity index (χ0) is 17.8. The quantitative estimate of drug-likeness (QED) is 0.618. The van der Waals surface area contributed by atoms with Crippen LogP contribution in [0, 0.1) is 0 Å². The molecule has 0 radical (unpaired) electrons. The Bertz CT molecular complexity index is 845. The van der Waals surface area contributed by atoms with Crippen LogP contribution in [0.4, 0.5) is 0 Å². The highest BCUT2D eigenvalue weighted by molar-refractivity contribution is 7.14. The second kappa shape index (κ2) is 9.46. The van der Waals surface area contributed by atoms with Crippen LogP contribution in [0.2, 0.25) is 0 Å². The second-order valence-corrected chi connectivity index (χ2v) is 8.52. The molecular formula is C20H22ClN3OS2. The van der Waals surface area contributed by atoms with Crippen molar-refractivity contribution in [1.82, 2.24) is 15.2 Å². The summed E-state index contributed by atoms with van der Waals surface area (Å²) < 4.78 is 0. The summed E-state index contributed by atoms with van der Waals surface area (Å²) in [7, 11) is 0. The van der Waals surface area contributed by atoms with Crippen molar-refractivity contribution in [2.75, 3.05) is 6.54 Å². The lowest BCUT2D eigenvalue weighted by Crippen LogP contribution is -2.29. The summed E-state index contributed by atoms with van der Waals surface area (Å²) in [6.07, 6.45) is 4.15. The van der Waals surface area contributed by atoms with Gasteiger partial charge in [0.1, 0.15) is 5.01 Å². The van der Waals surface area contributed by atoms with Crippen molar-refractivity contribution in [2.24, 2.45) is 0 Å². The fourth-order valence-corrected chi connectivity index (χ4v) is 4.95. The molecule has 1 unspecified atom stereocenters. The minimum Gasteiger partial charge on any atom is -0.327 e. The molecule has 3 aromatic rings. The summed E-state index contributed by atoms with van der Waals surface area (Å²) in [4.78, 5) is 21.5. The Labute approximate surface area is 173 Å². The lowest BCUT2D eigenvalue weighted by molar-refractivity contribution is 0.0735. The van der Waals surface area contributed by atoms with Gasteiger partial charge in [0.2, 0.25) is 0 Å². The predicted molar refractivity (Wildman–Crippen MR) is 114 cm³/mol. The van der Waals surface area contributed by atoms with E-state index in [-0.39, 0.29) is 18.3 Å². The fourth-order valence-electron chi connectivity index (χ4n) is 3.24. The molecule has 1 aliphatic rings. The first-order valence-corrected chi connectivity index (χ1v) is 10.5. The minimum atomic E-state index is 0. The smallest absolute Gasteiger partial charge is 0.264 e. The summed E-state index contributed by atoms with van der Waals surface area (Å²) in [6, 6.07) is 14.6. The summed E-state index contributed by atoms with van der Waals surface area (Å²) in [5.74, 6) is 0.0818. The number of thiophene rings is 1. The van der Waals surface area contributed by atoms with Gasteiger partial charge in [-0.25, -0.2) is 4.98 Å². The van der Waals surface area contributed by atoms with Crippen LogP contribution in [0.15, 0.2) is 54.0 Å². The highest BCUT2D eigenvalue weighted by Gasteiger charge is 2.23. The number of rotatable bonds is 6. The summed E-state index contributed by atoms with van der Waals surface area (Å²) >= 11 is 3.21. The predicted octanol–water partition coefficient (Wildman–Crippen LogP) is 4.89. The molecule has 7 heteroatoms. The molecule has 0 bridgehead atoms. The molecule has 0 aliphatic carbocycles. The van der Waals surface area contributed by atoms with Crippen molar-refractivity contribution in [1.29, 1.82) is 0 Å². The highest BCUT2D eigenvalue weighted by Crippen LogP contribution is 2.30. The zero-order valence-corrected chi connectivity index (χ0v) is 17.3. The van der Waals surface area contributed by atoms with E-state index < -0.39 is 0 Å². The highest BCUT2D eigenvalue weighted by atomic mass is 35.5. The number of carbonyl (C=O) groups excluding carboxylic acids is 1. The third kappa shape index (κ3) is 4.96. The van der Waals surface area contributed by atoms with E-state index in [0.717, 1.165) is 28.4 Å². The van der Waals surface area contributed by atoms with Gasteiger partial charge in [-0.2, -0.15) is 0 Å². The number of thiazole rings is 1. The maximum absolute atomic E-state index is 13.2. The summed E-state index contributed by atoms with van der Waals surface area (Å²) in [5, 5.41) is 6.42. The van der Waals surface area contributed by atoms with Gasteiger partial charge in [0.05, 0.1) is 11.4 Å². The largest absolute Gasteiger partial charge is 0.327 e. The zero-order valence-electron chi connectivity index (χ0n) is 14.8. The standard InChI is InChI=1S/C20H21N3OS2.ClH/c24-20(18-9-8-17(26-18)16-7-4-10-21-16)23(14-19-22-11-12-25-19)13-15-5-2-1-3-6-15;/h1-3,5-6,8-9,11-12,16,21H,4,7,10,13-14H2;1H. The Hall–Kier alpha value is -1.73. The normalized spacial score (nSPS) is 16.1. The minimum absolute atomic E-state index is 0. The molecule has 2 aromatic heterocycles. The number of amides is 1. The number of carbonyl (C=O) groups is 1. The number of aromatic nitrogens is 1. The van der Waals surface area contributed by atoms with Gasteiger partial charge in [-0.15, -0.1) is 35.1 Å². The van der Waals surface area contributed by atoms with Gasteiger partial charge in [-0.3, -0.25) is 4.79 Å². The molecule has 4 rings (SSSR count). The maximum atomic E-state index is 13.2. The number of halogens is 1. The van der Waals surface area contributed by atoms with Gasteiger partial charge < -0.3 is 10.2 Å². The SMILES string of the molecule is Cl.O=C(c1ccc(C2CCCN2)s1)N(Cc1ccccc1)Cc1nccs1. The molecule has 1 fully saturated rings. The maximum Gasteiger partial charge on any atom is 0.264 e. The fraction of sp³-hybridized carbons (Fsp3) is 0.300. The molecule has 1 aliphatic heterocycles. The van der Waals surface area contributed by atoms with Gasteiger partial charge in [-0.05, 0) is 37.1 Å². The van der Waals surface area contributed by atoms with Crippen molar-refractivity contribution in [3.05, 3.63) is 74.4 Å². The van der Waals surface area contributed by atoms with Crippen LogP contribution in [-0.2, 0) is 13.1 Å². The summed E-state index contributed by atoms with van der Waals surface area (Å²) in [6.45, 7) is 2.20. The molecule has 1 aromatic carbocycles. The average Bonchev–Trinajstić information content (AvgIpc) is 3.42. The van der Waals surface area contributed by atoms with Crippen molar-refractivity contribution in [3.63, 3.8) is 0 Å². The van der Waals surface area contributed by atoms with Gasteiger partial charge in [0, 0.05) is 29.0 Å². The van der Waals surface area contributed by atoms with Gasteiger partial charge in [-0.1, -0.05) is 30.3 Å². The van der Waals surface area contributed by atoms with Crippen molar-refractivity contribution in [3.8, 4) is 0 Å². The molecule has 1 atom stereocenters. The van der Waals surface area contributed by atoms with Gasteiger partial charge in [0.15, 0.2) is 0 Å². The summed E-state index contributed by atoms with van der Waals surface area (Å²) in [5.41, 5.74) is 1.13. The van der Waals surface area contributed by atoms with E-state index in [1.54, 1.807) is 28.9 Å². The van der Waals surface area contributed by atoms with E-state index >= 15 is 0 Å². The van der Waals surface area contributed by atoms with E-state index in [2.05, 4.69) is 28.5 Å². The van der Waals surface area contributed by atoms with Gasteiger partial charge >= 0.3 is 0 Å². The van der Waals surface area contributed by atoms with E-state index in [9.17, 15) is 4.79 Å². The second-order valence-electron chi connectivity index (χ2n) is 6.42. The lowest BCUT2D eigenvalue weighted by atomic mass is 10.2. The van der Waals surface area contributed by atoms with Crippen molar-refractivity contribution >= 4 is 41.0 Å². The van der Waals surface area contributed by atoms with Crippen LogP contribution in [0.3, 0.4) is 0 Å². The lowest BCUT2D eigenvalue weighted by Gasteiger charge is -2.21. The first-order chi connectivity index (χ1) is 12.8. The van der Waals surface area contributed by atoms with Gasteiger partial charge in [0.25, 0.3) is 5.91 Å². The van der Waals surface area contributed by atoms with Crippen LogP contribution in [0.5, 0.6) is 0 Å². The molecule has 1 amide bonds. The molecular weight excluding hydrogens is 398 g/mol. The Balaban J connectivity index is 0.00000210. The topological polar surface area (TPSA) is 45.2 Å². The number of hydrogen-bond donors (Lipinski definition) is 1. The Morgan fingerprint density at radius 3 is 2.74 bits per heavy atom. The molecule has 0 spiro atoms. The molecule has 4 nitrogen and oxygen atoms in total. The molecule has 1 saturated heterocycles. The number of hydrogen-bond acceptors (Lipinski definition) is 5. The van der Waals surface area contributed by atoms with Crippen molar-refractivity contribution in [2.45, 2.75) is 32.0 Å². The van der Waals surface area contributed by atoms with Crippen LogP contribution in [0.1, 0.15) is 44.0 Å². The number of nitrogens with one attached hydrogen (secondary N) is 1. The number of nitrogens with zero attached hydrogens (tertiary/aromatic N) is 2. The first-order valence-electron chi connectivity index (χ1n) is 8.84. The van der Waals surface area contributed by atoms with Crippen LogP contribution < -0.4 is 5.32 Å². The molecule has 142 valence electrons. The monoisotopic (exact) mass is 419 g/mol.